The fraction of sp³-hybridized carbons (Fsp3) is 0.353. The standard InChI is InChI=1S/C17H20O11/c1-26-10-7-8(3-5-9(10)18)4-6-11(19)28-15(17(24)25)12(20)14(27-2)13(21)16(22)23/h3-7,12-15,18,20-21H,1-2H3,(H,22,23)(H,24,25). The van der Waals surface area contributed by atoms with Crippen molar-refractivity contribution in [2.75, 3.05) is 14.2 Å². The van der Waals surface area contributed by atoms with Gasteiger partial charge < -0.3 is 39.7 Å². The minimum absolute atomic E-state index is 0.126. The molecule has 28 heavy (non-hydrogen) atoms. The van der Waals surface area contributed by atoms with E-state index in [4.69, 9.17) is 14.9 Å². The second-order valence-electron chi connectivity index (χ2n) is 5.43. The summed E-state index contributed by atoms with van der Waals surface area (Å²) in [7, 11) is 2.27. The van der Waals surface area contributed by atoms with Gasteiger partial charge >= 0.3 is 17.9 Å². The molecule has 0 bridgehead atoms. The number of aliphatic hydroxyl groups excluding tert-OH is 2. The zero-order chi connectivity index (χ0) is 21.4. The summed E-state index contributed by atoms with van der Waals surface area (Å²) in [5.74, 6) is -4.69. The number of rotatable bonds is 10. The Labute approximate surface area is 159 Å². The summed E-state index contributed by atoms with van der Waals surface area (Å²) in [5.41, 5.74) is 0.412. The van der Waals surface area contributed by atoms with Crippen LogP contribution in [0.3, 0.4) is 0 Å². The van der Waals surface area contributed by atoms with Gasteiger partial charge in [-0.15, -0.1) is 0 Å². The molecule has 0 aliphatic carbocycles. The number of phenols is 1. The normalized spacial score (nSPS) is 15.4. The molecule has 0 aliphatic rings. The Morgan fingerprint density at radius 3 is 2.21 bits per heavy atom. The maximum atomic E-state index is 11.9. The van der Waals surface area contributed by atoms with Crippen LogP contribution < -0.4 is 4.74 Å². The van der Waals surface area contributed by atoms with Gasteiger partial charge in [-0.05, 0) is 23.8 Å². The summed E-state index contributed by atoms with van der Waals surface area (Å²) < 4.78 is 14.2. The maximum absolute atomic E-state index is 11.9. The number of aliphatic carboxylic acids is 2. The van der Waals surface area contributed by atoms with Crippen LogP contribution in [0.5, 0.6) is 11.5 Å². The monoisotopic (exact) mass is 400 g/mol. The number of hydrogen-bond acceptors (Lipinski definition) is 9. The first-order valence-corrected chi connectivity index (χ1v) is 7.72. The topological polar surface area (TPSA) is 180 Å². The van der Waals surface area contributed by atoms with Crippen molar-refractivity contribution in [1.82, 2.24) is 0 Å². The van der Waals surface area contributed by atoms with Crippen molar-refractivity contribution in [3.05, 3.63) is 29.8 Å². The van der Waals surface area contributed by atoms with Gasteiger partial charge in [-0.1, -0.05) is 6.07 Å². The fourth-order valence-electron chi connectivity index (χ4n) is 2.16. The molecule has 0 amide bonds. The molecule has 0 saturated heterocycles. The van der Waals surface area contributed by atoms with E-state index in [2.05, 4.69) is 9.47 Å². The summed E-state index contributed by atoms with van der Waals surface area (Å²) >= 11 is 0. The zero-order valence-electron chi connectivity index (χ0n) is 14.9. The van der Waals surface area contributed by atoms with Crippen LogP contribution in [0, 0.1) is 0 Å². The number of esters is 1. The van der Waals surface area contributed by atoms with Crippen LogP contribution in [0.1, 0.15) is 5.56 Å². The van der Waals surface area contributed by atoms with Gasteiger partial charge in [0, 0.05) is 13.2 Å². The largest absolute Gasteiger partial charge is 0.504 e. The minimum Gasteiger partial charge on any atom is -0.504 e. The quantitative estimate of drug-likeness (QED) is 0.246. The third-order valence-electron chi connectivity index (χ3n) is 3.59. The van der Waals surface area contributed by atoms with Crippen LogP contribution in [0.25, 0.3) is 6.08 Å². The predicted octanol–water partition coefficient (Wildman–Crippen LogP) is -0.768. The van der Waals surface area contributed by atoms with Crippen LogP contribution in [-0.4, -0.2) is 82.1 Å². The van der Waals surface area contributed by atoms with Crippen molar-refractivity contribution in [2.45, 2.75) is 24.4 Å². The van der Waals surface area contributed by atoms with Gasteiger partial charge in [-0.25, -0.2) is 14.4 Å². The molecular weight excluding hydrogens is 380 g/mol. The molecule has 0 heterocycles. The van der Waals surface area contributed by atoms with E-state index < -0.39 is 42.3 Å². The molecule has 11 heteroatoms. The molecule has 5 N–H and O–H groups in total. The van der Waals surface area contributed by atoms with E-state index in [-0.39, 0.29) is 11.5 Å². The van der Waals surface area contributed by atoms with Gasteiger partial charge in [0.25, 0.3) is 0 Å². The van der Waals surface area contributed by atoms with Gasteiger partial charge in [-0.2, -0.15) is 0 Å². The lowest BCUT2D eigenvalue weighted by Crippen LogP contribution is -2.52. The van der Waals surface area contributed by atoms with Gasteiger partial charge in [0.2, 0.25) is 6.10 Å². The van der Waals surface area contributed by atoms with Gasteiger partial charge in [0.15, 0.2) is 17.6 Å². The number of carbonyl (C=O) groups excluding carboxylic acids is 1. The third-order valence-corrected chi connectivity index (χ3v) is 3.59. The second-order valence-corrected chi connectivity index (χ2v) is 5.43. The highest BCUT2D eigenvalue weighted by molar-refractivity contribution is 5.89. The Kier molecular flexibility index (Phi) is 8.38. The van der Waals surface area contributed by atoms with Crippen LogP contribution in [0.4, 0.5) is 0 Å². The molecule has 4 atom stereocenters. The van der Waals surface area contributed by atoms with Crippen molar-refractivity contribution in [3.8, 4) is 11.5 Å². The van der Waals surface area contributed by atoms with Crippen molar-refractivity contribution in [2.24, 2.45) is 0 Å². The number of ether oxygens (including phenoxy) is 3. The van der Waals surface area contributed by atoms with Crippen LogP contribution >= 0.6 is 0 Å². The van der Waals surface area contributed by atoms with Crippen LogP contribution in [0.15, 0.2) is 24.3 Å². The van der Waals surface area contributed by atoms with Crippen molar-refractivity contribution < 1.29 is 54.1 Å². The number of carboxylic acid groups (broad SMARTS) is 2. The molecule has 0 aliphatic heterocycles. The lowest BCUT2D eigenvalue weighted by molar-refractivity contribution is -0.185. The number of aliphatic hydroxyl groups is 2. The lowest BCUT2D eigenvalue weighted by atomic mass is 10.0. The Balaban J connectivity index is 2.92. The number of phenolic OH excluding ortho intramolecular Hbond substituents is 1. The van der Waals surface area contributed by atoms with E-state index in [0.29, 0.717) is 5.56 Å². The number of hydrogen-bond donors (Lipinski definition) is 5. The smallest absolute Gasteiger partial charge is 0.347 e. The molecule has 0 saturated carbocycles. The van der Waals surface area contributed by atoms with E-state index >= 15 is 0 Å². The van der Waals surface area contributed by atoms with Gasteiger partial charge in [-0.3, -0.25) is 0 Å². The molecule has 11 nitrogen and oxygen atoms in total. The van der Waals surface area contributed by atoms with E-state index in [1.54, 1.807) is 0 Å². The third kappa shape index (κ3) is 5.94. The van der Waals surface area contributed by atoms with E-state index in [1.165, 1.54) is 31.4 Å². The minimum atomic E-state index is -2.25. The van der Waals surface area contributed by atoms with Gasteiger partial charge in [0.1, 0.15) is 12.2 Å². The number of methoxy groups -OCH3 is 2. The molecule has 1 aromatic rings. The summed E-state index contributed by atoms with van der Waals surface area (Å²) in [6.45, 7) is 0. The molecule has 1 aromatic carbocycles. The highest BCUT2D eigenvalue weighted by Crippen LogP contribution is 2.26. The highest BCUT2D eigenvalue weighted by atomic mass is 16.6. The SMILES string of the molecule is COc1cc(C=CC(=O)OC(C(=O)O)C(O)C(OC)C(O)C(=O)O)ccc1O. The second kappa shape index (κ2) is 10.3. The van der Waals surface area contributed by atoms with Gasteiger partial charge in [0.05, 0.1) is 7.11 Å². The Morgan fingerprint density at radius 1 is 1.07 bits per heavy atom. The van der Waals surface area contributed by atoms with Crippen LogP contribution in [-0.2, 0) is 23.9 Å². The number of carbonyl (C=O) groups is 3. The fourth-order valence-corrected chi connectivity index (χ4v) is 2.16. The van der Waals surface area contributed by atoms with Crippen molar-refractivity contribution in [3.63, 3.8) is 0 Å². The lowest BCUT2D eigenvalue weighted by Gasteiger charge is -2.27. The maximum Gasteiger partial charge on any atom is 0.347 e. The summed E-state index contributed by atoms with van der Waals surface area (Å²) in [5, 5.41) is 46.9. The van der Waals surface area contributed by atoms with Crippen molar-refractivity contribution >= 4 is 24.0 Å². The molecular formula is C17H20O11. The zero-order valence-corrected chi connectivity index (χ0v) is 14.9. The Morgan fingerprint density at radius 2 is 1.71 bits per heavy atom. The average molecular weight is 400 g/mol. The molecule has 0 spiro atoms. The number of benzene rings is 1. The van der Waals surface area contributed by atoms with E-state index in [1.807, 2.05) is 0 Å². The average Bonchev–Trinajstić information content (AvgIpc) is 2.65. The highest BCUT2D eigenvalue weighted by Gasteiger charge is 2.41. The first kappa shape index (κ1) is 22.9. The Hall–Kier alpha value is -3.15. The molecule has 4 unspecified atom stereocenters. The molecule has 0 fully saturated rings. The molecule has 0 aromatic heterocycles. The van der Waals surface area contributed by atoms with E-state index in [9.17, 15) is 29.7 Å². The molecule has 154 valence electrons. The van der Waals surface area contributed by atoms with Crippen LogP contribution in [0.2, 0.25) is 0 Å². The number of aromatic hydroxyl groups is 1. The first-order chi connectivity index (χ1) is 13.1. The summed E-state index contributed by atoms with van der Waals surface area (Å²) in [4.78, 5) is 34.0. The predicted molar refractivity (Wildman–Crippen MR) is 91.7 cm³/mol. The number of carboxylic acids is 2. The summed E-state index contributed by atoms with van der Waals surface area (Å²) in [6, 6.07) is 4.15. The first-order valence-electron chi connectivity index (χ1n) is 7.72. The Bertz CT molecular complexity index is 743. The van der Waals surface area contributed by atoms with Crippen molar-refractivity contribution in [1.29, 1.82) is 0 Å². The summed E-state index contributed by atoms with van der Waals surface area (Å²) in [6.07, 6.45) is -6.40. The molecule has 0 radical (unpaired) electrons. The van der Waals surface area contributed by atoms with E-state index in [0.717, 1.165) is 13.2 Å². The molecule has 1 rings (SSSR count).